The number of ether oxygens (including phenoxy) is 1. The fourth-order valence-corrected chi connectivity index (χ4v) is 5.97. The van der Waals surface area contributed by atoms with E-state index in [2.05, 4.69) is 34.9 Å². The third-order valence-electron chi connectivity index (χ3n) is 7.83. The van der Waals surface area contributed by atoms with Gasteiger partial charge >= 0.3 is 12.1 Å². The van der Waals surface area contributed by atoms with Crippen LogP contribution in [-0.2, 0) is 14.3 Å². The first-order valence-corrected chi connectivity index (χ1v) is 12.6. The molecule has 2 amide bonds. The number of amides is 2. The summed E-state index contributed by atoms with van der Waals surface area (Å²) in [5, 5.41) is 15.0. The predicted molar refractivity (Wildman–Crippen MR) is 131 cm³/mol. The minimum atomic E-state index is -0.771. The van der Waals surface area contributed by atoms with E-state index >= 15 is 0 Å². The van der Waals surface area contributed by atoms with Gasteiger partial charge in [-0.15, -0.1) is 0 Å². The van der Waals surface area contributed by atoms with Crippen LogP contribution in [0, 0.1) is 17.8 Å². The molecule has 3 N–H and O–H groups in total. The van der Waals surface area contributed by atoms with Crippen LogP contribution in [0.15, 0.2) is 48.5 Å². The zero-order valence-electron chi connectivity index (χ0n) is 19.7. The van der Waals surface area contributed by atoms with E-state index in [-0.39, 0.29) is 23.8 Å². The summed E-state index contributed by atoms with van der Waals surface area (Å²) in [5.41, 5.74) is 4.79. The third-order valence-corrected chi connectivity index (χ3v) is 7.83. The molecule has 7 heteroatoms. The van der Waals surface area contributed by atoms with Gasteiger partial charge in [-0.3, -0.25) is 9.59 Å². The van der Waals surface area contributed by atoms with E-state index in [1.165, 1.54) is 22.3 Å². The SMILES string of the molecule is O=C(CC1CC(CNC(=O)OCC2c3ccccc3-c3ccccc32)C1)NC1CCC(C(=O)O)C1. The Bertz CT molecular complexity index is 1060. The molecule has 2 unspecified atom stereocenters. The number of benzene rings is 2. The van der Waals surface area contributed by atoms with Crippen LogP contribution in [0.2, 0.25) is 0 Å². The van der Waals surface area contributed by atoms with Crippen LogP contribution in [-0.4, -0.2) is 42.3 Å². The number of nitrogens with one attached hydrogen (secondary N) is 2. The van der Waals surface area contributed by atoms with E-state index in [1.54, 1.807) is 0 Å². The molecule has 0 aliphatic heterocycles. The molecule has 2 fully saturated rings. The number of fused-ring (bicyclic) bond motifs is 3. The smallest absolute Gasteiger partial charge is 0.407 e. The highest BCUT2D eigenvalue weighted by atomic mass is 16.5. The summed E-state index contributed by atoms with van der Waals surface area (Å²) in [4.78, 5) is 35.7. The minimum absolute atomic E-state index is 0.00832. The number of carbonyl (C=O) groups is 3. The van der Waals surface area contributed by atoms with E-state index < -0.39 is 12.1 Å². The Labute approximate surface area is 205 Å². The highest BCUT2D eigenvalue weighted by Crippen LogP contribution is 2.44. The lowest BCUT2D eigenvalue weighted by atomic mass is 9.73. The second-order valence-electron chi connectivity index (χ2n) is 10.2. The summed E-state index contributed by atoms with van der Waals surface area (Å²) in [6, 6.07) is 16.5. The molecule has 0 bridgehead atoms. The van der Waals surface area contributed by atoms with Gasteiger partial charge in [0.2, 0.25) is 5.91 Å². The van der Waals surface area contributed by atoms with Gasteiger partial charge in [0.25, 0.3) is 0 Å². The second kappa shape index (κ2) is 10.1. The van der Waals surface area contributed by atoms with Gasteiger partial charge in [0.1, 0.15) is 6.61 Å². The number of hydrogen-bond acceptors (Lipinski definition) is 4. The Morgan fingerprint density at radius 2 is 1.54 bits per heavy atom. The van der Waals surface area contributed by atoms with Crippen LogP contribution in [0.25, 0.3) is 11.1 Å². The van der Waals surface area contributed by atoms with Gasteiger partial charge in [-0.1, -0.05) is 48.5 Å². The summed E-state index contributed by atoms with van der Waals surface area (Å²) in [7, 11) is 0. The van der Waals surface area contributed by atoms with Crippen LogP contribution >= 0.6 is 0 Å². The van der Waals surface area contributed by atoms with Crippen molar-refractivity contribution in [3.63, 3.8) is 0 Å². The molecule has 0 heterocycles. The lowest BCUT2D eigenvalue weighted by molar-refractivity contribution is -0.141. The first-order valence-electron chi connectivity index (χ1n) is 12.6. The quantitative estimate of drug-likeness (QED) is 0.527. The lowest BCUT2D eigenvalue weighted by Gasteiger charge is -2.35. The fourth-order valence-electron chi connectivity index (χ4n) is 5.97. The molecule has 2 saturated carbocycles. The first-order chi connectivity index (χ1) is 17.0. The Hall–Kier alpha value is -3.35. The maximum absolute atomic E-state index is 12.4. The van der Waals surface area contributed by atoms with Crippen LogP contribution in [0.4, 0.5) is 4.79 Å². The van der Waals surface area contributed by atoms with Crippen LogP contribution in [0.5, 0.6) is 0 Å². The molecule has 3 aliphatic carbocycles. The zero-order valence-corrected chi connectivity index (χ0v) is 19.7. The maximum atomic E-state index is 12.4. The summed E-state index contributed by atoms with van der Waals surface area (Å²) in [5.74, 6) is -0.374. The standard InChI is InChI=1S/C28H32N2O5/c31-26(30-20-10-9-19(14-20)27(32)33)13-17-11-18(12-17)15-29-28(34)35-16-25-23-7-3-1-5-21(23)22-6-2-4-8-24(22)25/h1-8,17-20,25H,9-16H2,(H,29,34)(H,30,31)(H,32,33). The molecule has 0 radical (unpaired) electrons. The van der Waals surface area contributed by atoms with E-state index in [0.29, 0.717) is 44.2 Å². The molecular formula is C28H32N2O5. The number of rotatable bonds is 8. The Morgan fingerprint density at radius 1 is 0.886 bits per heavy atom. The molecule has 7 nitrogen and oxygen atoms in total. The summed E-state index contributed by atoms with van der Waals surface area (Å²) in [6.07, 6.45) is 3.77. The molecule has 3 aliphatic rings. The van der Waals surface area contributed by atoms with Crippen molar-refractivity contribution >= 4 is 18.0 Å². The number of carbonyl (C=O) groups excluding carboxylic acids is 2. The van der Waals surface area contributed by atoms with Gasteiger partial charge in [0, 0.05) is 24.9 Å². The van der Waals surface area contributed by atoms with Crippen molar-refractivity contribution in [1.29, 1.82) is 0 Å². The van der Waals surface area contributed by atoms with Crippen molar-refractivity contribution in [2.45, 2.75) is 50.5 Å². The Morgan fingerprint density at radius 3 is 2.17 bits per heavy atom. The lowest BCUT2D eigenvalue weighted by Crippen LogP contribution is -2.40. The van der Waals surface area contributed by atoms with Gasteiger partial charge in [0.05, 0.1) is 5.92 Å². The molecule has 2 aromatic carbocycles. The van der Waals surface area contributed by atoms with Crippen molar-refractivity contribution in [2.24, 2.45) is 17.8 Å². The van der Waals surface area contributed by atoms with Gasteiger partial charge in [-0.25, -0.2) is 4.79 Å². The van der Waals surface area contributed by atoms with E-state index in [4.69, 9.17) is 9.84 Å². The van der Waals surface area contributed by atoms with Crippen molar-refractivity contribution < 1.29 is 24.2 Å². The average molecular weight is 477 g/mol. The maximum Gasteiger partial charge on any atom is 0.407 e. The number of hydrogen-bond donors (Lipinski definition) is 3. The molecule has 35 heavy (non-hydrogen) atoms. The molecule has 2 aromatic rings. The number of carboxylic acids is 1. The molecule has 2 atom stereocenters. The van der Waals surface area contributed by atoms with Crippen molar-refractivity contribution in [1.82, 2.24) is 10.6 Å². The Balaban J connectivity index is 1.01. The highest BCUT2D eigenvalue weighted by molar-refractivity contribution is 5.79. The zero-order chi connectivity index (χ0) is 24.4. The fraction of sp³-hybridized carbons (Fsp3) is 0.464. The summed E-state index contributed by atoms with van der Waals surface area (Å²) >= 11 is 0. The Kier molecular flexibility index (Phi) is 6.75. The van der Waals surface area contributed by atoms with Crippen LogP contribution < -0.4 is 10.6 Å². The predicted octanol–water partition coefficient (Wildman–Crippen LogP) is 4.31. The second-order valence-corrected chi connectivity index (χ2v) is 10.2. The third kappa shape index (κ3) is 5.19. The topological polar surface area (TPSA) is 105 Å². The molecule has 0 spiro atoms. The number of carboxylic acid groups (broad SMARTS) is 1. The number of aliphatic carboxylic acids is 1. The molecular weight excluding hydrogens is 444 g/mol. The van der Waals surface area contributed by atoms with Crippen molar-refractivity contribution in [3.8, 4) is 11.1 Å². The summed E-state index contributed by atoms with van der Waals surface area (Å²) < 4.78 is 5.59. The van der Waals surface area contributed by atoms with E-state index in [9.17, 15) is 14.4 Å². The van der Waals surface area contributed by atoms with Crippen LogP contribution in [0.3, 0.4) is 0 Å². The molecule has 5 rings (SSSR count). The normalized spacial score (nSPS) is 24.7. The first kappa shape index (κ1) is 23.4. The van der Waals surface area contributed by atoms with Gasteiger partial charge < -0.3 is 20.5 Å². The number of alkyl carbamates (subject to hydrolysis) is 1. The van der Waals surface area contributed by atoms with Gasteiger partial charge in [-0.05, 0) is 66.2 Å². The monoisotopic (exact) mass is 476 g/mol. The minimum Gasteiger partial charge on any atom is -0.481 e. The van der Waals surface area contributed by atoms with Gasteiger partial charge in [0.15, 0.2) is 0 Å². The average Bonchev–Trinajstić information content (AvgIpc) is 3.42. The molecule has 184 valence electrons. The van der Waals surface area contributed by atoms with Crippen molar-refractivity contribution in [2.75, 3.05) is 13.2 Å². The highest BCUT2D eigenvalue weighted by Gasteiger charge is 2.34. The van der Waals surface area contributed by atoms with Crippen molar-refractivity contribution in [3.05, 3.63) is 59.7 Å². The largest absolute Gasteiger partial charge is 0.481 e. The molecule has 0 saturated heterocycles. The van der Waals surface area contributed by atoms with Gasteiger partial charge in [-0.2, -0.15) is 0 Å². The van der Waals surface area contributed by atoms with E-state index in [1.807, 2.05) is 24.3 Å². The molecule has 0 aromatic heterocycles. The summed E-state index contributed by atoms with van der Waals surface area (Å²) in [6.45, 7) is 0.856. The van der Waals surface area contributed by atoms with E-state index in [0.717, 1.165) is 19.3 Å². The van der Waals surface area contributed by atoms with Crippen LogP contribution in [0.1, 0.15) is 55.6 Å².